The highest BCUT2D eigenvalue weighted by atomic mass is 16.6. The van der Waals surface area contributed by atoms with Crippen LogP contribution in [0.25, 0.3) is 0 Å². The highest BCUT2D eigenvalue weighted by Crippen LogP contribution is 2.24. The Bertz CT molecular complexity index is 1540. The number of nitrogens with two attached hydrogens (primary N) is 1. The minimum Gasteiger partial charge on any atom is -0.508 e. The Kier molecular flexibility index (Phi) is 14.0. The number of aliphatic hydroxyl groups excluding tert-OH is 2. The summed E-state index contributed by atoms with van der Waals surface area (Å²) in [6.07, 6.45) is -5.90. The molecule has 0 aliphatic carbocycles. The molecule has 0 saturated carbocycles. The fourth-order valence-electron chi connectivity index (χ4n) is 5.71. The van der Waals surface area contributed by atoms with Crippen molar-refractivity contribution < 1.29 is 58.4 Å². The van der Waals surface area contributed by atoms with Crippen molar-refractivity contribution in [2.45, 2.75) is 115 Å². The fourth-order valence-corrected chi connectivity index (χ4v) is 5.71. The summed E-state index contributed by atoms with van der Waals surface area (Å²) in [4.78, 5) is 108. The number of carbonyl (C=O) groups excluding carboxylic acids is 8. The minimum absolute atomic E-state index is 0.0725. The van der Waals surface area contributed by atoms with E-state index in [9.17, 15) is 53.7 Å². The zero-order valence-electron chi connectivity index (χ0n) is 29.5. The molecule has 2 aliphatic rings. The van der Waals surface area contributed by atoms with Crippen LogP contribution < -0.4 is 32.3 Å². The van der Waals surface area contributed by atoms with Crippen LogP contribution in [0.15, 0.2) is 24.3 Å². The third-order valence-electron chi connectivity index (χ3n) is 8.77. The van der Waals surface area contributed by atoms with E-state index in [0.29, 0.717) is 12.0 Å². The largest absolute Gasteiger partial charge is 0.508 e. The van der Waals surface area contributed by atoms with Crippen molar-refractivity contribution in [1.82, 2.24) is 31.5 Å². The molecule has 1 aromatic rings. The van der Waals surface area contributed by atoms with Gasteiger partial charge in [-0.05, 0) is 44.4 Å². The number of nitrogens with one attached hydrogen (secondary N) is 5. The number of ether oxygens (including phenoxy) is 1. The lowest BCUT2D eigenvalue weighted by Gasteiger charge is -2.35. The van der Waals surface area contributed by atoms with Crippen LogP contribution >= 0.6 is 0 Å². The second-order valence-electron chi connectivity index (χ2n) is 13.1. The molecule has 10 N–H and O–H groups in total. The molecule has 19 heteroatoms. The van der Waals surface area contributed by atoms with Gasteiger partial charge in [0.1, 0.15) is 36.0 Å². The maximum absolute atomic E-state index is 14.1. The molecule has 3 rings (SSSR count). The zero-order valence-corrected chi connectivity index (χ0v) is 29.5. The van der Waals surface area contributed by atoms with E-state index in [1.54, 1.807) is 13.8 Å². The summed E-state index contributed by atoms with van der Waals surface area (Å²) >= 11 is 0. The molecule has 7 amide bonds. The molecule has 52 heavy (non-hydrogen) atoms. The third-order valence-corrected chi connectivity index (χ3v) is 8.77. The fraction of sp³-hybridized carbons (Fsp3) is 0.576. The Morgan fingerprint density at radius 3 is 2.02 bits per heavy atom. The Morgan fingerprint density at radius 1 is 0.885 bits per heavy atom. The smallest absolute Gasteiger partial charge is 0.330 e. The molecule has 2 heterocycles. The van der Waals surface area contributed by atoms with Crippen molar-refractivity contribution in [3.05, 3.63) is 29.8 Å². The summed E-state index contributed by atoms with van der Waals surface area (Å²) < 4.78 is 5.42. The standard InChI is InChI=1S/C33H47N7O12/c1-6-14(2)24-28(47)35-20(12-18-7-9-19(43)10-8-18)27(46)39-25(17(5)42)29(48)36-21(13-22(34)44)31(50)40-16(4)33(51)52-32(40)26(30(49)38-24)37-23(45)11-15(3)41/h7-10,14-17,20-21,24-26,32,41-43H,6,11-13H2,1-5H3,(H2,34,44)(H,35,47)(H,36,48)(H,37,45)(H,38,49)(H,39,46). The van der Waals surface area contributed by atoms with Gasteiger partial charge in [0.25, 0.3) is 0 Å². The van der Waals surface area contributed by atoms with E-state index in [1.807, 2.05) is 0 Å². The number of phenols is 1. The lowest BCUT2D eigenvalue weighted by molar-refractivity contribution is -0.153. The average molecular weight is 734 g/mol. The average Bonchev–Trinajstić information content (AvgIpc) is 3.35. The zero-order chi connectivity index (χ0) is 39.0. The third kappa shape index (κ3) is 10.4. The van der Waals surface area contributed by atoms with Crippen LogP contribution in [0.1, 0.15) is 59.4 Å². The molecular weight excluding hydrogens is 686 g/mol. The summed E-state index contributed by atoms with van der Waals surface area (Å²) in [7, 11) is 0. The number of fused-ring (bicyclic) bond motifs is 1. The lowest BCUT2D eigenvalue weighted by Crippen LogP contribution is -2.66. The van der Waals surface area contributed by atoms with Crippen molar-refractivity contribution in [2.24, 2.45) is 11.7 Å². The van der Waals surface area contributed by atoms with Crippen molar-refractivity contribution in [3.8, 4) is 5.75 Å². The van der Waals surface area contributed by atoms with Crippen LogP contribution in [0, 0.1) is 5.92 Å². The Balaban J connectivity index is 2.22. The second-order valence-corrected chi connectivity index (χ2v) is 13.1. The van der Waals surface area contributed by atoms with E-state index in [-0.39, 0.29) is 12.2 Å². The lowest BCUT2D eigenvalue weighted by atomic mass is 9.96. The Morgan fingerprint density at radius 2 is 1.46 bits per heavy atom. The molecule has 19 nitrogen and oxygen atoms in total. The first-order chi connectivity index (χ1) is 24.3. The molecule has 10 atom stereocenters. The van der Waals surface area contributed by atoms with Crippen LogP contribution in [-0.4, -0.2) is 122 Å². The molecule has 1 aromatic carbocycles. The molecule has 2 fully saturated rings. The number of carbonyl (C=O) groups is 8. The van der Waals surface area contributed by atoms with Gasteiger partial charge in [0, 0.05) is 6.42 Å². The molecule has 286 valence electrons. The monoisotopic (exact) mass is 733 g/mol. The van der Waals surface area contributed by atoms with Gasteiger partial charge in [-0.1, -0.05) is 32.4 Å². The Labute approximate surface area is 299 Å². The number of esters is 1. The number of nitrogens with zero attached hydrogens (tertiary/aromatic N) is 1. The van der Waals surface area contributed by atoms with Crippen molar-refractivity contribution >= 4 is 47.3 Å². The second kappa shape index (κ2) is 17.8. The topological polar surface area (TPSA) is 296 Å². The van der Waals surface area contributed by atoms with Crippen LogP contribution in [0.4, 0.5) is 0 Å². The molecule has 10 unspecified atom stereocenters. The van der Waals surface area contributed by atoms with E-state index >= 15 is 0 Å². The van der Waals surface area contributed by atoms with Gasteiger partial charge >= 0.3 is 5.97 Å². The summed E-state index contributed by atoms with van der Waals surface area (Å²) in [6.45, 7) is 7.04. The quantitative estimate of drug-likeness (QED) is 0.106. The summed E-state index contributed by atoms with van der Waals surface area (Å²) in [6, 6.07) is -4.10. The number of rotatable bonds is 10. The van der Waals surface area contributed by atoms with E-state index < -0.39 is 121 Å². The molecular formula is C33H47N7O12. The number of aliphatic hydroxyl groups is 2. The molecule has 0 radical (unpaired) electrons. The summed E-state index contributed by atoms with van der Waals surface area (Å²) in [5.74, 6) is -8.92. The van der Waals surface area contributed by atoms with E-state index in [0.717, 1.165) is 4.90 Å². The van der Waals surface area contributed by atoms with Crippen LogP contribution in [0.5, 0.6) is 5.75 Å². The van der Waals surface area contributed by atoms with Crippen LogP contribution in [-0.2, 0) is 49.5 Å². The van der Waals surface area contributed by atoms with E-state index in [4.69, 9.17) is 10.5 Å². The number of phenolic OH excluding ortho intramolecular Hbond substituents is 1. The van der Waals surface area contributed by atoms with Gasteiger partial charge in [0.05, 0.1) is 25.0 Å². The minimum atomic E-state index is -1.90. The normalized spacial score (nSPS) is 27.9. The van der Waals surface area contributed by atoms with Crippen molar-refractivity contribution in [1.29, 1.82) is 0 Å². The molecule has 2 aliphatic heterocycles. The van der Waals surface area contributed by atoms with Crippen molar-refractivity contribution in [2.75, 3.05) is 0 Å². The molecule has 0 spiro atoms. The van der Waals surface area contributed by atoms with Gasteiger partial charge in [-0.3, -0.25) is 38.5 Å². The number of aromatic hydroxyl groups is 1. The Hall–Kier alpha value is -5.30. The maximum atomic E-state index is 14.1. The van der Waals surface area contributed by atoms with Gasteiger partial charge < -0.3 is 52.4 Å². The first kappa shape index (κ1) is 41.1. The highest BCUT2D eigenvalue weighted by Gasteiger charge is 2.51. The van der Waals surface area contributed by atoms with Crippen molar-refractivity contribution in [3.63, 3.8) is 0 Å². The summed E-state index contributed by atoms with van der Waals surface area (Å²) in [5.41, 5.74) is 5.86. The van der Waals surface area contributed by atoms with Gasteiger partial charge in [0.2, 0.25) is 47.6 Å². The first-order valence-corrected chi connectivity index (χ1v) is 16.8. The molecule has 0 bridgehead atoms. The molecule has 2 saturated heterocycles. The van der Waals surface area contributed by atoms with Gasteiger partial charge in [0.15, 0.2) is 6.04 Å². The number of benzene rings is 1. The van der Waals surface area contributed by atoms with Gasteiger partial charge in [-0.2, -0.15) is 0 Å². The highest BCUT2D eigenvalue weighted by molar-refractivity contribution is 6.00. The predicted octanol–water partition coefficient (Wildman–Crippen LogP) is -3.45. The van der Waals surface area contributed by atoms with Crippen LogP contribution in [0.3, 0.4) is 0 Å². The number of hydrogen-bond acceptors (Lipinski definition) is 12. The summed E-state index contributed by atoms with van der Waals surface area (Å²) in [5, 5.41) is 42.3. The number of hydrogen-bond donors (Lipinski definition) is 9. The first-order valence-electron chi connectivity index (χ1n) is 16.8. The number of amides is 7. The number of primary amides is 1. The molecule has 0 aromatic heterocycles. The van der Waals surface area contributed by atoms with E-state index in [2.05, 4.69) is 26.6 Å². The van der Waals surface area contributed by atoms with Crippen LogP contribution in [0.2, 0.25) is 0 Å². The maximum Gasteiger partial charge on any atom is 0.330 e. The SMILES string of the molecule is CCC(C)C1NC(=O)C(NC(=O)CC(C)O)C2OC(=O)C(C)N2C(=O)C(CC(N)=O)NC(=O)C(C(C)O)NC(=O)C(Cc2ccc(O)cc2)NC1=O. The predicted molar refractivity (Wildman–Crippen MR) is 179 cm³/mol. The van der Waals surface area contributed by atoms with Gasteiger partial charge in [-0.25, -0.2) is 4.79 Å². The van der Waals surface area contributed by atoms with E-state index in [1.165, 1.54) is 45.0 Å². The van der Waals surface area contributed by atoms with Gasteiger partial charge in [-0.15, -0.1) is 0 Å².